The Morgan fingerprint density at radius 1 is 1.04 bits per heavy atom. The SMILES string of the molecule is COC(=O)c1ccc(NC(=O)[C@@H]2[C@H]3C=C[C@H]([C@H]4C[C@H]34)[C@@H]2C(=O)O)cc1. The summed E-state index contributed by atoms with van der Waals surface area (Å²) >= 11 is 0. The Hall–Kier alpha value is -2.63. The van der Waals surface area contributed by atoms with Gasteiger partial charge < -0.3 is 15.2 Å². The minimum absolute atomic E-state index is 0.00504. The van der Waals surface area contributed by atoms with Crippen molar-refractivity contribution in [2.24, 2.45) is 35.5 Å². The van der Waals surface area contributed by atoms with Crippen LogP contribution in [0.4, 0.5) is 5.69 Å². The Bertz CT molecular complexity index is 769. The van der Waals surface area contributed by atoms with Crippen molar-refractivity contribution in [1.82, 2.24) is 0 Å². The van der Waals surface area contributed by atoms with Crippen LogP contribution in [0.1, 0.15) is 16.8 Å². The van der Waals surface area contributed by atoms with Gasteiger partial charge in [-0.15, -0.1) is 0 Å². The molecule has 0 radical (unpaired) electrons. The normalized spacial score (nSPS) is 34.1. The maximum absolute atomic E-state index is 12.8. The molecule has 0 aliphatic heterocycles. The maximum atomic E-state index is 12.8. The number of carboxylic acid groups (broad SMARTS) is 1. The van der Waals surface area contributed by atoms with Gasteiger partial charge in [0.2, 0.25) is 5.91 Å². The van der Waals surface area contributed by atoms with E-state index in [1.54, 1.807) is 24.3 Å². The van der Waals surface area contributed by atoms with E-state index in [-0.39, 0.29) is 17.7 Å². The third kappa shape index (κ3) is 2.52. The number of carbonyl (C=O) groups is 3. The van der Waals surface area contributed by atoms with E-state index < -0.39 is 23.8 Å². The van der Waals surface area contributed by atoms with E-state index >= 15 is 0 Å². The number of allylic oxidation sites excluding steroid dienone is 2. The number of ether oxygens (including phenoxy) is 1. The Balaban J connectivity index is 1.53. The molecule has 0 saturated heterocycles. The highest BCUT2D eigenvalue weighted by molar-refractivity contribution is 5.97. The van der Waals surface area contributed by atoms with Gasteiger partial charge in [-0.2, -0.15) is 0 Å². The summed E-state index contributed by atoms with van der Waals surface area (Å²) in [5.41, 5.74) is 0.934. The molecule has 2 saturated carbocycles. The zero-order valence-corrected chi connectivity index (χ0v) is 13.7. The highest BCUT2D eigenvalue weighted by Crippen LogP contribution is 2.63. The second-order valence-corrected chi connectivity index (χ2v) is 7.05. The summed E-state index contributed by atoms with van der Waals surface area (Å²) in [4.78, 5) is 36.0. The summed E-state index contributed by atoms with van der Waals surface area (Å²) < 4.78 is 4.64. The zero-order chi connectivity index (χ0) is 17.7. The largest absolute Gasteiger partial charge is 0.481 e. The third-order valence-corrected chi connectivity index (χ3v) is 5.81. The van der Waals surface area contributed by atoms with E-state index in [2.05, 4.69) is 10.1 Å². The molecule has 6 heteroatoms. The van der Waals surface area contributed by atoms with Gasteiger partial charge in [-0.3, -0.25) is 9.59 Å². The van der Waals surface area contributed by atoms with Crippen LogP contribution in [-0.4, -0.2) is 30.1 Å². The first kappa shape index (κ1) is 15.9. The van der Waals surface area contributed by atoms with E-state index in [0.717, 1.165) is 6.42 Å². The standard InChI is InChI=1S/C19H19NO5/c1-25-19(24)9-2-4-10(5-3-9)20-17(21)15-11-6-7-12(14-8-13(11)14)16(15)18(22)23/h2-7,11-16H,8H2,1H3,(H,20,21)(H,22,23)/t11-,12+,13+,14+,15+,16-/m0/s1. The van der Waals surface area contributed by atoms with Gasteiger partial charge in [0.25, 0.3) is 0 Å². The predicted octanol–water partition coefficient (Wildman–Crippen LogP) is 2.18. The summed E-state index contributed by atoms with van der Waals surface area (Å²) in [6.45, 7) is 0. The first-order valence-electron chi connectivity index (χ1n) is 8.41. The van der Waals surface area contributed by atoms with Crippen molar-refractivity contribution in [2.75, 3.05) is 12.4 Å². The molecule has 2 fully saturated rings. The molecule has 5 rings (SSSR count). The van der Waals surface area contributed by atoms with Gasteiger partial charge in [0.1, 0.15) is 0 Å². The molecule has 2 N–H and O–H groups in total. The molecule has 6 nitrogen and oxygen atoms in total. The molecule has 130 valence electrons. The number of rotatable bonds is 4. The number of carboxylic acids is 1. The molecule has 0 spiro atoms. The van der Waals surface area contributed by atoms with Crippen LogP contribution >= 0.6 is 0 Å². The van der Waals surface area contributed by atoms with Crippen molar-refractivity contribution < 1.29 is 24.2 Å². The molecule has 2 bridgehead atoms. The fourth-order valence-corrected chi connectivity index (χ4v) is 4.60. The Labute approximate surface area is 144 Å². The number of esters is 1. The van der Waals surface area contributed by atoms with Gasteiger partial charge >= 0.3 is 11.9 Å². The average Bonchev–Trinajstić information content (AvgIpc) is 3.43. The average molecular weight is 341 g/mol. The molecule has 1 amide bonds. The van der Waals surface area contributed by atoms with Gasteiger partial charge in [-0.05, 0) is 54.4 Å². The second-order valence-electron chi connectivity index (χ2n) is 7.05. The molecule has 1 aromatic rings. The number of methoxy groups -OCH3 is 1. The van der Waals surface area contributed by atoms with Crippen LogP contribution in [-0.2, 0) is 14.3 Å². The maximum Gasteiger partial charge on any atom is 0.337 e. The number of amides is 1. The van der Waals surface area contributed by atoms with Crippen LogP contribution in [0, 0.1) is 35.5 Å². The summed E-state index contributed by atoms with van der Waals surface area (Å²) in [6.07, 6.45) is 5.04. The summed E-state index contributed by atoms with van der Waals surface area (Å²) in [6, 6.07) is 6.38. The molecule has 25 heavy (non-hydrogen) atoms. The fraction of sp³-hybridized carbons (Fsp3) is 0.421. The van der Waals surface area contributed by atoms with E-state index in [0.29, 0.717) is 23.1 Å². The number of hydrogen-bond acceptors (Lipinski definition) is 4. The number of hydrogen-bond donors (Lipinski definition) is 2. The third-order valence-electron chi connectivity index (χ3n) is 5.81. The molecule has 0 unspecified atom stereocenters. The Morgan fingerprint density at radius 2 is 1.64 bits per heavy atom. The van der Waals surface area contributed by atoms with Gasteiger partial charge in [0.05, 0.1) is 24.5 Å². The van der Waals surface area contributed by atoms with Crippen LogP contribution in [0.2, 0.25) is 0 Å². The van der Waals surface area contributed by atoms with Crippen LogP contribution in [0.15, 0.2) is 36.4 Å². The molecule has 6 atom stereocenters. The first-order valence-corrected chi connectivity index (χ1v) is 8.41. The highest BCUT2D eigenvalue weighted by atomic mass is 16.5. The van der Waals surface area contributed by atoms with E-state index in [4.69, 9.17) is 0 Å². The Morgan fingerprint density at radius 3 is 2.20 bits per heavy atom. The highest BCUT2D eigenvalue weighted by Gasteiger charge is 2.62. The smallest absolute Gasteiger partial charge is 0.337 e. The lowest BCUT2D eigenvalue weighted by atomic mass is 9.62. The van der Waals surface area contributed by atoms with Gasteiger partial charge in [0.15, 0.2) is 0 Å². The minimum atomic E-state index is -0.897. The van der Waals surface area contributed by atoms with Gasteiger partial charge in [-0.25, -0.2) is 4.79 Å². The molecule has 0 heterocycles. The lowest BCUT2D eigenvalue weighted by Crippen LogP contribution is -2.48. The predicted molar refractivity (Wildman–Crippen MR) is 88.7 cm³/mol. The van der Waals surface area contributed by atoms with Crippen LogP contribution in [0.25, 0.3) is 0 Å². The number of anilines is 1. The van der Waals surface area contributed by atoms with Gasteiger partial charge in [0, 0.05) is 5.69 Å². The van der Waals surface area contributed by atoms with Crippen molar-refractivity contribution in [3.05, 3.63) is 42.0 Å². The van der Waals surface area contributed by atoms with Crippen LogP contribution in [0.5, 0.6) is 0 Å². The lowest BCUT2D eigenvalue weighted by Gasteiger charge is -2.41. The molecular formula is C19H19NO5. The van der Waals surface area contributed by atoms with Crippen molar-refractivity contribution in [3.63, 3.8) is 0 Å². The zero-order valence-electron chi connectivity index (χ0n) is 13.7. The van der Waals surface area contributed by atoms with Gasteiger partial charge in [-0.1, -0.05) is 12.2 Å². The second kappa shape index (κ2) is 5.72. The summed E-state index contributed by atoms with van der Waals surface area (Å²) in [5, 5.41) is 12.5. The monoisotopic (exact) mass is 341 g/mol. The quantitative estimate of drug-likeness (QED) is 0.647. The number of carbonyl (C=O) groups excluding carboxylic acids is 2. The number of aliphatic carboxylic acids is 1. The van der Waals surface area contributed by atoms with E-state index in [1.165, 1.54) is 7.11 Å². The van der Waals surface area contributed by atoms with Crippen LogP contribution in [0.3, 0.4) is 0 Å². The van der Waals surface area contributed by atoms with E-state index in [9.17, 15) is 19.5 Å². The molecule has 0 aromatic heterocycles. The fourth-order valence-electron chi connectivity index (χ4n) is 4.60. The molecule has 4 aliphatic rings. The summed E-state index contributed by atoms with van der Waals surface area (Å²) in [5.74, 6) is -1.96. The topological polar surface area (TPSA) is 92.7 Å². The minimum Gasteiger partial charge on any atom is -0.481 e. The number of nitrogens with one attached hydrogen (secondary N) is 1. The molecule has 1 aromatic carbocycles. The van der Waals surface area contributed by atoms with Crippen molar-refractivity contribution in [2.45, 2.75) is 6.42 Å². The number of fused-ring (bicyclic) bond motifs is 1. The van der Waals surface area contributed by atoms with Crippen molar-refractivity contribution in [3.8, 4) is 0 Å². The lowest BCUT2D eigenvalue weighted by molar-refractivity contribution is -0.152. The molecular weight excluding hydrogens is 322 g/mol. The van der Waals surface area contributed by atoms with Crippen molar-refractivity contribution >= 4 is 23.5 Å². The molecule has 4 aliphatic carbocycles. The first-order chi connectivity index (χ1) is 12.0. The van der Waals surface area contributed by atoms with Crippen LogP contribution < -0.4 is 5.32 Å². The van der Waals surface area contributed by atoms with E-state index in [1.807, 2.05) is 12.2 Å². The summed E-state index contributed by atoms with van der Waals surface area (Å²) in [7, 11) is 1.31. The van der Waals surface area contributed by atoms with Crippen molar-refractivity contribution in [1.29, 1.82) is 0 Å². The number of benzene rings is 1. The Kier molecular flexibility index (Phi) is 3.63.